The van der Waals surface area contributed by atoms with E-state index in [1.165, 1.54) is 0 Å². The number of hydrogen-bond acceptors (Lipinski definition) is 5. The average molecular weight is 389 g/mol. The number of methoxy groups -OCH3 is 1. The van der Waals surface area contributed by atoms with E-state index in [0.29, 0.717) is 12.4 Å². The van der Waals surface area contributed by atoms with Crippen LogP contribution < -0.4 is 5.32 Å². The van der Waals surface area contributed by atoms with E-state index in [1.807, 2.05) is 31.3 Å². The van der Waals surface area contributed by atoms with Gasteiger partial charge in [-0.15, -0.1) is 11.8 Å². The summed E-state index contributed by atoms with van der Waals surface area (Å²) in [6.45, 7) is 0.437. The van der Waals surface area contributed by atoms with Gasteiger partial charge in [-0.25, -0.2) is 9.97 Å². The van der Waals surface area contributed by atoms with Crippen LogP contribution >= 0.6 is 39.3 Å². The first kappa shape index (κ1) is 16.5. The van der Waals surface area contributed by atoms with Crippen LogP contribution in [0.2, 0.25) is 5.02 Å². The molecule has 0 saturated heterocycles. The van der Waals surface area contributed by atoms with Crippen LogP contribution in [0.3, 0.4) is 0 Å². The van der Waals surface area contributed by atoms with Crippen molar-refractivity contribution in [2.45, 2.75) is 17.3 Å². The summed E-state index contributed by atoms with van der Waals surface area (Å²) in [6, 6.07) is 7.74. The van der Waals surface area contributed by atoms with E-state index in [0.717, 1.165) is 31.7 Å². The van der Waals surface area contributed by atoms with Gasteiger partial charge in [0, 0.05) is 24.1 Å². The van der Waals surface area contributed by atoms with Gasteiger partial charge in [-0.2, -0.15) is 0 Å². The summed E-state index contributed by atoms with van der Waals surface area (Å²) in [7, 11) is 3.48. The first-order valence-electron chi connectivity index (χ1n) is 6.24. The second-order valence-electron chi connectivity index (χ2n) is 4.18. The van der Waals surface area contributed by atoms with Crippen molar-refractivity contribution in [3.8, 4) is 0 Å². The summed E-state index contributed by atoms with van der Waals surface area (Å²) in [6.07, 6.45) is 0. The van der Waals surface area contributed by atoms with Gasteiger partial charge in [0.15, 0.2) is 0 Å². The van der Waals surface area contributed by atoms with Gasteiger partial charge < -0.3 is 10.1 Å². The van der Waals surface area contributed by atoms with E-state index in [4.69, 9.17) is 16.3 Å². The van der Waals surface area contributed by atoms with Crippen LogP contribution in [0.4, 0.5) is 5.82 Å². The van der Waals surface area contributed by atoms with Crippen molar-refractivity contribution >= 4 is 45.1 Å². The molecule has 0 bridgehead atoms. The van der Waals surface area contributed by atoms with Crippen molar-refractivity contribution < 1.29 is 4.74 Å². The Morgan fingerprint density at radius 2 is 2.19 bits per heavy atom. The molecule has 4 nitrogen and oxygen atoms in total. The fourth-order valence-electron chi connectivity index (χ4n) is 1.71. The predicted molar refractivity (Wildman–Crippen MR) is 91.0 cm³/mol. The minimum atomic E-state index is 0.437. The molecule has 0 fully saturated rings. The predicted octanol–water partition coefficient (Wildman–Crippen LogP) is 4.37. The molecule has 0 aliphatic rings. The molecular formula is C14H15BrClN3OS. The van der Waals surface area contributed by atoms with Gasteiger partial charge in [0.1, 0.15) is 11.6 Å². The molecule has 1 heterocycles. The Labute approximate surface area is 141 Å². The lowest BCUT2D eigenvalue weighted by molar-refractivity contribution is 0.180. The van der Waals surface area contributed by atoms with E-state index in [1.54, 1.807) is 18.9 Å². The number of nitrogens with one attached hydrogen (secondary N) is 1. The Balaban J connectivity index is 2.17. The smallest absolute Gasteiger partial charge is 0.144 e. The summed E-state index contributed by atoms with van der Waals surface area (Å²) >= 11 is 11.1. The van der Waals surface area contributed by atoms with Crippen LogP contribution in [0, 0.1) is 0 Å². The van der Waals surface area contributed by atoms with Crippen LogP contribution in [0.1, 0.15) is 11.5 Å². The van der Waals surface area contributed by atoms with E-state index < -0.39 is 0 Å². The molecule has 0 aliphatic carbocycles. The first-order valence-corrected chi connectivity index (χ1v) is 8.40. The molecule has 112 valence electrons. The molecule has 1 N–H and O–H groups in total. The minimum absolute atomic E-state index is 0.437. The zero-order valence-electron chi connectivity index (χ0n) is 11.7. The Bertz CT molecular complexity index is 627. The SMILES string of the molecule is CNc1nc(CSc2cccc(Cl)c2)nc(COC)c1Br. The van der Waals surface area contributed by atoms with Crippen molar-refractivity contribution in [2.24, 2.45) is 0 Å². The van der Waals surface area contributed by atoms with E-state index >= 15 is 0 Å². The van der Waals surface area contributed by atoms with Crippen molar-refractivity contribution in [1.29, 1.82) is 0 Å². The summed E-state index contributed by atoms with van der Waals surface area (Å²) in [5.74, 6) is 2.18. The molecule has 0 saturated carbocycles. The zero-order chi connectivity index (χ0) is 15.2. The Morgan fingerprint density at radius 3 is 2.86 bits per heavy atom. The van der Waals surface area contributed by atoms with Crippen molar-refractivity contribution in [3.63, 3.8) is 0 Å². The highest BCUT2D eigenvalue weighted by Gasteiger charge is 2.11. The molecule has 2 rings (SSSR count). The third-order valence-corrected chi connectivity index (χ3v) is 4.71. The fourth-order valence-corrected chi connectivity index (χ4v) is 3.27. The summed E-state index contributed by atoms with van der Waals surface area (Å²) in [4.78, 5) is 10.1. The van der Waals surface area contributed by atoms with E-state index in [2.05, 4.69) is 31.2 Å². The van der Waals surface area contributed by atoms with Gasteiger partial charge >= 0.3 is 0 Å². The van der Waals surface area contributed by atoms with Gasteiger partial charge in [-0.05, 0) is 34.1 Å². The number of thioether (sulfide) groups is 1. The lowest BCUT2D eigenvalue weighted by atomic mass is 10.4. The van der Waals surface area contributed by atoms with Crippen LogP contribution in [0.25, 0.3) is 0 Å². The summed E-state index contributed by atoms with van der Waals surface area (Å²) in [5.41, 5.74) is 0.832. The molecule has 1 aromatic heterocycles. The number of aromatic nitrogens is 2. The highest BCUT2D eigenvalue weighted by molar-refractivity contribution is 9.10. The molecule has 1 aromatic carbocycles. The number of nitrogens with zero attached hydrogens (tertiary/aromatic N) is 2. The molecule has 0 aliphatic heterocycles. The molecule has 0 radical (unpaired) electrons. The molecule has 0 spiro atoms. The van der Waals surface area contributed by atoms with Crippen LogP contribution in [0.5, 0.6) is 0 Å². The normalized spacial score (nSPS) is 10.7. The van der Waals surface area contributed by atoms with Crippen LogP contribution in [-0.2, 0) is 17.1 Å². The van der Waals surface area contributed by atoms with Crippen molar-refractivity contribution in [2.75, 3.05) is 19.5 Å². The van der Waals surface area contributed by atoms with Gasteiger partial charge in [-0.1, -0.05) is 17.7 Å². The Morgan fingerprint density at radius 1 is 1.38 bits per heavy atom. The number of hydrogen-bond donors (Lipinski definition) is 1. The highest BCUT2D eigenvalue weighted by atomic mass is 79.9. The maximum Gasteiger partial charge on any atom is 0.144 e. The maximum atomic E-state index is 5.98. The molecule has 2 aromatic rings. The average Bonchev–Trinajstić information content (AvgIpc) is 2.48. The second-order valence-corrected chi connectivity index (χ2v) is 6.46. The molecule has 0 unspecified atom stereocenters. The molecule has 0 amide bonds. The lowest BCUT2D eigenvalue weighted by Gasteiger charge is -2.10. The summed E-state index contributed by atoms with van der Waals surface area (Å²) in [5, 5.41) is 3.79. The van der Waals surface area contributed by atoms with Gasteiger partial charge in [0.05, 0.1) is 22.5 Å². The number of anilines is 1. The first-order chi connectivity index (χ1) is 10.1. The standard InChI is InChI=1S/C14H15BrClN3OS/c1-17-14-13(15)11(7-20-2)18-12(19-14)8-21-10-5-3-4-9(16)6-10/h3-6H,7-8H2,1-2H3,(H,17,18,19). The molecule has 0 atom stereocenters. The monoisotopic (exact) mass is 387 g/mol. The Kier molecular flexibility index (Phi) is 6.29. The third-order valence-electron chi connectivity index (χ3n) is 2.65. The molecular weight excluding hydrogens is 374 g/mol. The van der Waals surface area contributed by atoms with Gasteiger partial charge in [0.25, 0.3) is 0 Å². The number of halogens is 2. The number of benzene rings is 1. The van der Waals surface area contributed by atoms with Crippen molar-refractivity contribution in [1.82, 2.24) is 9.97 Å². The van der Waals surface area contributed by atoms with Gasteiger partial charge in [-0.3, -0.25) is 0 Å². The molecule has 21 heavy (non-hydrogen) atoms. The lowest BCUT2D eigenvalue weighted by Crippen LogP contribution is -2.05. The highest BCUT2D eigenvalue weighted by Crippen LogP contribution is 2.28. The zero-order valence-corrected chi connectivity index (χ0v) is 14.8. The van der Waals surface area contributed by atoms with Gasteiger partial charge in [0.2, 0.25) is 0 Å². The second kappa shape index (κ2) is 7.98. The quantitative estimate of drug-likeness (QED) is 0.744. The fraction of sp³-hybridized carbons (Fsp3) is 0.286. The van der Waals surface area contributed by atoms with E-state index in [9.17, 15) is 0 Å². The maximum absolute atomic E-state index is 5.98. The van der Waals surface area contributed by atoms with Crippen LogP contribution in [-0.4, -0.2) is 24.1 Å². The molecule has 7 heteroatoms. The van der Waals surface area contributed by atoms with E-state index in [-0.39, 0.29) is 0 Å². The topological polar surface area (TPSA) is 47.0 Å². The number of ether oxygens (including phenoxy) is 1. The Hall–Kier alpha value is -0.820. The van der Waals surface area contributed by atoms with Crippen molar-refractivity contribution in [3.05, 3.63) is 45.3 Å². The number of rotatable bonds is 6. The minimum Gasteiger partial charge on any atom is -0.378 e. The largest absolute Gasteiger partial charge is 0.378 e. The van der Waals surface area contributed by atoms with Crippen LogP contribution in [0.15, 0.2) is 33.6 Å². The third kappa shape index (κ3) is 4.57. The summed E-state index contributed by atoms with van der Waals surface area (Å²) < 4.78 is 6.01.